The van der Waals surface area contributed by atoms with Crippen LogP contribution in [0.3, 0.4) is 0 Å². The highest BCUT2D eigenvalue weighted by Gasteiger charge is 2.17. The quantitative estimate of drug-likeness (QED) is 0.379. The van der Waals surface area contributed by atoms with E-state index in [2.05, 4.69) is 29.1 Å². The van der Waals surface area contributed by atoms with Crippen LogP contribution in [0.15, 0.2) is 29.4 Å². The zero-order valence-corrected chi connectivity index (χ0v) is 11.5. The number of hydrogen-bond donors (Lipinski definition) is 2. The molecule has 0 saturated carbocycles. The second kappa shape index (κ2) is 6.57. The lowest BCUT2D eigenvalue weighted by Crippen LogP contribution is -2.33. The molecule has 1 aromatic rings. The SMILES string of the molecule is CCC1CCN(Cc2ccc(/C(N)=N/O)cc2)CC1. The molecule has 2 rings (SSSR count). The topological polar surface area (TPSA) is 61.8 Å². The van der Waals surface area contributed by atoms with Crippen molar-refractivity contribution >= 4 is 5.84 Å². The second-order valence-corrected chi connectivity index (χ2v) is 5.31. The number of nitrogens with zero attached hydrogens (tertiary/aromatic N) is 2. The molecular weight excluding hydrogens is 238 g/mol. The molecule has 4 heteroatoms. The molecule has 1 aliphatic rings. The van der Waals surface area contributed by atoms with Gasteiger partial charge in [-0.3, -0.25) is 4.90 Å². The Morgan fingerprint density at radius 2 is 1.95 bits per heavy atom. The zero-order chi connectivity index (χ0) is 13.7. The second-order valence-electron chi connectivity index (χ2n) is 5.31. The van der Waals surface area contributed by atoms with E-state index in [1.807, 2.05) is 12.1 Å². The van der Waals surface area contributed by atoms with E-state index >= 15 is 0 Å². The summed E-state index contributed by atoms with van der Waals surface area (Å²) in [4.78, 5) is 2.50. The molecule has 0 radical (unpaired) electrons. The highest BCUT2D eigenvalue weighted by Crippen LogP contribution is 2.21. The smallest absolute Gasteiger partial charge is 0.170 e. The van der Waals surface area contributed by atoms with Gasteiger partial charge in [-0.15, -0.1) is 0 Å². The van der Waals surface area contributed by atoms with Crippen LogP contribution < -0.4 is 5.73 Å². The third kappa shape index (κ3) is 3.70. The van der Waals surface area contributed by atoms with Gasteiger partial charge < -0.3 is 10.9 Å². The van der Waals surface area contributed by atoms with E-state index in [1.54, 1.807) is 0 Å². The maximum atomic E-state index is 8.62. The first kappa shape index (κ1) is 13.9. The summed E-state index contributed by atoms with van der Waals surface area (Å²) in [5.41, 5.74) is 7.59. The summed E-state index contributed by atoms with van der Waals surface area (Å²) < 4.78 is 0. The van der Waals surface area contributed by atoms with E-state index in [1.165, 1.54) is 37.9 Å². The minimum atomic E-state index is 0.162. The Morgan fingerprint density at radius 1 is 1.32 bits per heavy atom. The van der Waals surface area contributed by atoms with E-state index in [0.717, 1.165) is 18.0 Å². The predicted molar refractivity (Wildman–Crippen MR) is 77.2 cm³/mol. The van der Waals surface area contributed by atoms with Gasteiger partial charge >= 0.3 is 0 Å². The van der Waals surface area contributed by atoms with E-state index < -0.39 is 0 Å². The van der Waals surface area contributed by atoms with Crippen LogP contribution in [0.1, 0.15) is 37.3 Å². The molecule has 0 atom stereocenters. The summed E-state index contributed by atoms with van der Waals surface area (Å²) in [7, 11) is 0. The zero-order valence-electron chi connectivity index (χ0n) is 11.5. The van der Waals surface area contributed by atoms with E-state index in [0.29, 0.717) is 0 Å². The molecule has 1 fully saturated rings. The number of oxime groups is 1. The number of benzene rings is 1. The lowest BCUT2D eigenvalue weighted by molar-refractivity contribution is 0.175. The Bertz CT molecular complexity index is 420. The third-order valence-electron chi connectivity index (χ3n) is 4.05. The monoisotopic (exact) mass is 261 g/mol. The average molecular weight is 261 g/mol. The van der Waals surface area contributed by atoms with Crippen LogP contribution in [0.2, 0.25) is 0 Å². The minimum absolute atomic E-state index is 0.162. The van der Waals surface area contributed by atoms with Crippen molar-refractivity contribution in [2.45, 2.75) is 32.7 Å². The molecule has 1 aliphatic heterocycles. The minimum Gasteiger partial charge on any atom is -0.409 e. The van der Waals surface area contributed by atoms with Crippen molar-refractivity contribution in [2.75, 3.05) is 13.1 Å². The molecule has 4 nitrogen and oxygen atoms in total. The number of amidine groups is 1. The summed E-state index contributed by atoms with van der Waals surface area (Å²) in [6.45, 7) is 5.67. The van der Waals surface area contributed by atoms with Crippen molar-refractivity contribution < 1.29 is 5.21 Å². The van der Waals surface area contributed by atoms with E-state index in [9.17, 15) is 0 Å². The summed E-state index contributed by atoms with van der Waals surface area (Å²) in [5, 5.41) is 11.6. The molecule has 19 heavy (non-hydrogen) atoms. The third-order valence-corrected chi connectivity index (χ3v) is 4.05. The van der Waals surface area contributed by atoms with Gasteiger partial charge in [0, 0.05) is 12.1 Å². The Labute approximate surface area is 114 Å². The number of likely N-dealkylation sites (tertiary alicyclic amines) is 1. The molecular formula is C15H23N3O. The molecule has 1 saturated heterocycles. The normalized spacial score (nSPS) is 18.7. The van der Waals surface area contributed by atoms with Gasteiger partial charge in [0.25, 0.3) is 0 Å². The number of nitrogens with two attached hydrogens (primary N) is 1. The number of rotatable bonds is 4. The molecule has 1 aromatic carbocycles. The van der Waals surface area contributed by atoms with Crippen LogP contribution in [0.4, 0.5) is 0 Å². The fourth-order valence-corrected chi connectivity index (χ4v) is 2.65. The van der Waals surface area contributed by atoms with E-state index in [-0.39, 0.29) is 5.84 Å². The molecule has 0 aliphatic carbocycles. The number of hydrogen-bond acceptors (Lipinski definition) is 3. The summed E-state index contributed by atoms with van der Waals surface area (Å²) in [6, 6.07) is 7.92. The molecule has 0 unspecified atom stereocenters. The first-order chi connectivity index (χ1) is 9.22. The van der Waals surface area contributed by atoms with Crippen LogP contribution in [-0.4, -0.2) is 29.0 Å². The van der Waals surface area contributed by atoms with E-state index in [4.69, 9.17) is 10.9 Å². The van der Waals surface area contributed by atoms with Crippen LogP contribution in [-0.2, 0) is 6.54 Å². The largest absolute Gasteiger partial charge is 0.409 e. The highest BCUT2D eigenvalue weighted by molar-refractivity contribution is 5.96. The standard InChI is InChI=1S/C15H23N3O/c1-2-12-7-9-18(10-8-12)11-13-3-5-14(6-4-13)15(16)17-19/h3-6,12,19H,2,7-11H2,1H3,(H2,16,17). The Hall–Kier alpha value is -1.55. The van der Waals surface area contributed by atoms with Gasteiger partial charge in [0.1, 0.15) is 0 Å². The Kier molecular flexibility index (Phi) is 4.80. The molecule has 0 bridgehead atoms. The Morgan fingerprint density at radius 3 is 2.47 bits per heavy atom. The summed E-state index contributed by atoms with van der Waals surface area (Å²) >= 11 is 0. The highest BCUT2D eigenvalue weighted by atomic mass is 16.4. The van der Waals surface area contributed by atoms with Crippen molar-refractivity contribution in [3.05, 3.63) is 35.4 Å². The number of piperidine rings is 1. The van der Waals surface area contributed by atoms with Crippen LogP contribution >= 0.6 is 0 Å². The van der Waals surface area contributed by atoms with Crippen molar-refractivity contribution in [2.24, 2.45) is 16.8 Å². The molecule has 0 spiro atoms. The van der Waals surface area contributed by atoms with Gasteiger partial charge in [-0.05, 0) is 37.4 Å². The van der Waals surface area contributed by atoms with Gasteiger partial charge in [0.2, 0.25) is 0 Å². The molecule has 0 aromatic heterocycles. The maximum absolute atomic E-state index is 8.62. The van der Waals surface area contributed by atoms with Crippen LogP contribution in [0, 0.1) is 5.92 Å². The van der Waals surface area contributed by atoms with Gasteiger partial charge in [-0.2, -0.15) is 0 Å². The van der Waals surface area contributed by atoms with Gasteiger partial charge in [-0.25, -0.2) is 0 Å². The molecule has 0 amide bonds. The fourth-order valence-electron chi connectivity index (χ4n) is 2.65. The van der Waals surface area contributed by atoms with Gasteiger partial charge in [0.05, 0.1) is 0 Å². The molecule has 104 valence electrons. The molecule has 1 heterocycles. The summed E-state index contributed by atoms with van der Waals surface area (Å²) in [5.74, 6) is 1.08. The fraction of sp³-hybridized carbons (Fsp3) is 0.533. The first-order valence-corrected chi connectivity index (χ1v) is 7.02. The van der Waals surface area contributed by atoms with Gasteiger partial charge in [0.15, 0.2) is 5.84 Å². The van der Waals surface area contributed by atoms with Crippen molar-refractivity contribution in [1.29, 1.82) is 0 Å². The predicted octanol–water partition coefficient (Wildman–Crippen LogP) is 2.40. The van der Waals surface area contributed by atoms with Crippen LogP contribution in [0.5, 0.6) is 0 Å². The van der Waals surface area contributed by atoms with Crippen molar-refractivity contribution in [1.82, 2.24) is 4.90 Å². The van der Waals surface area contributed by atoms with Crippen molar-refractivity contribution in [3.8, 4) is 0 Å². The lowest BCUT2D eigenvalue weighted by atomic mass is 9.94. The van der Waals surface area contributed by atoms with Gasteiger partial charge in [-0.1, -0.05) is 42.8 Å². The summed E-state index contributed by atoms with van der Waals surface area (Å²) in [6.07, 6.45) is 3.94. The lowest BCUT2D eigenvalue weighted by Gasteiger charge is -2.31. The first-order valence-electron chi connectivity index (χ1n) is 7.02. The molecule has 3 N–H and O–H groups in total. The van der Waals surface area contributed by atoms with Crippen molar-refractivity contribution in [3.63, 3.8) is 0 Å². The Balaban J connectivity index is 1.90. The maximum Gasteiger partial charge on any atom is 0.170 e. The average Bonchev–Trinajstić information content (AvgIpc) is 2.48. The van der Waals surface area contributed by atoms with Crippen LogP contribution in [0.25, 0.3) is 0 Å².